The van der Waals surface area contributed by atoms with Gasteiger partial charge in [-0.2, -0.15) is 0 Å². The molecule has 1 heterocycles. The molecule has 16 heavy (non-hydrogen) atoms. The SMILES string of the molecule is Cc1ccc(C[C@@H]2NCCC[C@@H]2O)cc1.Cl. The highest BCUT2D eigenvalue weighted by molar-refractivity contribution is 5.85. The lowest BCUT2D eigenvalue weighted by molar-refractivity contribution is 0.0964. The molecule has 0 amide bonds. The molecule has 1 fully saturated rings. The zero-order valence-electron chi connectivity index (χ0n) is 9.65. The number of benzene rings is 1. The lowest BCUT2D eigenvalue weighted by atomic mass is 9.95. The second kappa shape index (κ2) is 6.24. The molecule has 0 unspecified atom stereocenters. The maximum Gasteiger partial charge on any atom is 0.0696 e. The molecule has 90 valence electrons. The van der Waals surface area contributed by atoms with E-state index >= 15 is 0 Å². The number of piperidine rings is 1. The van der Waals surface area contributed by atoms with Gasteiger partial charge in [-0.15, -0.1) is 12.4 Å². The first kappa shape index (κ1) is 13.5. The Morgan fingerprint density at radius 3 is 2.62 bits per heavy atom. The van der Waals surface area contributed by atoms with Crippen LogP contribution in [0.15, 0.2) is 24.3 Å². The van der Waals surface area contributed by atoms with Crippen LogP contribution in [0.25, 0.3) is 0 Å². The predicted molar refractivity (Wildman–Crippen MR) is 69.2 cm³/mol. The second-order valence-electron chi connectivity index (χ2n) is 4.46. The summed E-state index contributed by atoms with van der Waals surface area (Å²) in [5.74, 6) is 0. The Morgan fingerprint density at radius 2 is 2.00 bits per heavy atom. The Kier molecular flexibility index (Phi) is 5.26. The molecule has 2 nitrogen and oxygen atoms in total. The fourth-order valence-corrected chi connectivity index (χ4v) is 2.12. The summed E-state index contributed by atoms with van der Waals surface area (Å²) in [4.78, 5) is 0. The first-order chi connectivity index (χ1) is 7.25. The maximum atomic E-state index is 9.82. The highest BCUT2D eigenvalue weighted by atomic mass is 35.5. The average Bonchev–Trinajstić information content (AvgIpc) is 2.25. The van der Waals surface area contributed by atoms with Crippen LogP contribution in [0.4, 0.5) is 0 Å². The van der Waals surface area contributed by atoms with Crippen LogP contribution >= 0.6 is 12.4 Å². The lowest BCUT2D eigenvalue weighted by Crippen LogP contribution is -2.46. The highest BCUT2D eigenvalue weighted by Crippen LogP contribution is 2.14. The molecular weight excluding hydrogens is 222 g/mol. The van der Waals surface area contributed by atoms with Crippen LogP contribution in [-0.4, -0.2) is 23.8 Å². The fraction of sp³-hybridized carbons (Fsp3) is 0.538. The van der Waals surface area contributed by atoms with Gasteiger partial charge in [0, 0.05) is 6.04 Å². The number of nitrogens with one attached hydrogen (secondary N) is 1. The zero-order valence-corrected chi connectivity index (χ0v) is 10.5. The van der Waals surface area contributed by atoms with Crippen molar-refractivity contribution in [3.8, 4) is 0 Å². The molecule has 0 aliphatic carbocycles. The molecule has 1 aromatic carbocycles. The van der Waals surface area contributed by atoms with E-state index in [1.54, 1.807) is 0 Å². The van der Waals surface area contributed by atoms with Gasteiger partial charge in [-0.3, -0.25) is 0 Å². The maximum absolute atomic E-state index is 9.82. The van der Waals surface area contributed by atoms with Crippen LogP contribution in [0.3, 0.4) is 0 Å². The van der Waals surface area contributed by atoms with Crippen LogP contribution in [0.2, 0.25) is 0 Å². The number of rotatable bonds is 2. The third-order valence-electron chi connectivity index (χ3n) is 3.12. The van der Waals surface area contributed by atoms with E-state index in [9.17, 15) is 5.11 Å². The van der Waals surface area contributed by atoms with Gasteiger partial charge in [0.05, 0.1) is 6.10 Å². The summed E-state index contributed by atoms with van der Waals surface area (Å²) in [5, 5.41) is 13.2. The molecule has 2 N–H and O–H groups in total. The molecule has 0 radical (unpaired) electrons. The van der Waals surface area contributed by atoms with Gasteiger partial charge >= 0.3 is 0 Å². The smallest absolute Gasteiger partial charge is 0.0696 e. The van der Waals surface area contributed by atoms with Crippen LogP contribution in [0, 0.1) is 6.92 Å². The van der Waals surface area contributed by atoms with Gasteiger partial charge in [0.2, 0.25) is 0 Å². The molecule has 2 rings (SSSR count). The number of hydrogen-bond acceptors (Lipinski definition) is 2. The van der Waals surface area contributed by atoms with Gasteiger partial charge in [0.1, 0.15) is 0 Å². The summed E-state index contributed by atoms with van der Waals surface area (Å²) in [7, 11) is 0. The van der Waals surface area contributed by atoms with Gasteiger partial charge in [0.25, 0.3) is 0 Å². The number of halogens is 1. The molecular formula is C13H20ClNO. The molecule has 0 bridgehead atoms. The molecule has 1 aliphatic rings. The molecule has 2 atom stereocenters. The third kappa shape index (κ3) is 3.48. The van der Waals surface area contributed by atoms with Crippen molar-refractivity contribution in [1.82, 2.24) is 5.32 Å². The minimum Gasteiger partial charge on any atom is -0.391 e. The molecule has 3 heteroatoms. The van der Waals surface area contributed by atoms with Crippen molar-refractivity contribution in [2.75, 3.05) is 6.54 Å². The van der Waals surface area contributed by atoms with Gasteiger partial charge < -0.3 is 10.4 Å². The van der Waals surface area contributed by atoms with Gasteiger partial charge in [0.15, 0.2) is 0 Å². The van der Waals surface area contributed by atoms with Crippen molar-refractivity contribution in [3.63, 3.8) is 0 Å². The summed E-state index contributed by atoms with van der Waals surface area (Å²) in [6.45, 7) is 3.13. The van der Waals surface area contributed by atoms with Crippen molar-refractivity contribution in [2.24, 2.45) is 0 Å². The largest absolute Gasteiger partial charge is 0.391 e. The topological polar surface area (TPSA) is 32.3 Å². The summed E-state index contributed by atoms with van der Waals surface area (Å²) < 4.78 is 0. The van der Waals surface area contributed by atoms with Crippen LogP contribution in [-0.2, 0) is 6.42 Å². The van der Waals surface area contributed by atoms with Crippen molar-refractivity contribution < 1.29 is 5.11 Å². The Bertz CT molecular complexity index is 312. The van der Waals surface area contributed by atoms with Crippen molar-refractivity contribution in [2.45, 2.75) is 38.3 Å². The molecule has 1 aromatic rings. The summed E-state index contributed by atoms with van der Waals surface area (Å²) >= 11 is 0. The Hall–Kier alpha value is -0.570. The Labute approximate surface area is 103 Å². The standard InChI is InChI=1S/C13H19NO.ClH/c1-10-4-6-11(7-5-10)9-12-13(15)3-2-8-14-12;/h4-7,12-15H,2-3,8-9H2,1H3;1H/t12-,13-;/m0./s1. The van der Waals surface area contributed by atoms with E-state index in [0.29, 0.717) is 0 Å². The predicted octanol–water partition coefficient (Wildman–Crippen LogP) is 2.07. The number of aliphatic hydroxyl groups excluding tert-OH is 1. The Morgan fingerprint density at radius 1 is 1.31 bits per heavy atom. The van der Waals surface area contributed by atoms with Crippen LogP contribution < -0.4 is 5.32 Å². The number of hydrogen-bond donors (Lipinski definition) is 2. The number of aliphatic hydroxyl groups is 1. The fourth-order valence-electron chi connectivity index (χ4n) is 2.12. The number of aryl methyl sites for hydroxylation is 1. The van der Waals surface area contributed by atoms with Crippen LogP contribution in [0.1, 0.15) is 24.0 Å². The molecule has 1 saturated heterocycles. The van der Waals surface area contributed by atoms with Crippen LogP contribution in [0.5, 0.6) is 0 Å². The minimum absolute atomic E-state index is 0. The van der Waals surface area contributed by atoms with E-state index in [-0.39, 0.29) is 24.6 Å². The molecule has 1 aliphatic heterocycles. The summed E-state index contributed by atoms with van der Waals surface area (Å²) in [6, 6.07) is 8.80. The van der Waals surface area contributed by atoms with Crippen molar-refractivity contribution >= 4 is 12.4 Å². The lowest BCUT2D eigenvalue weighted by Gasteiger charge is -2.29. The van der Waals surface area contributed by atoms with E-state index in [1.807, 2.05) is 0 Å². The zero-order chi connectivity index (χ0) is 10.7. The second-order valence-corrected chi connectivity index (χ2v) is 4.46. The molecule has 0 spiro atoms. The van der Waals surface area contributed by atoms with Gasteiger partial charge in [-0.05, 0) is 38.3 Å². The van der Waals surface area contributed by atoms with Gasteiger partial charge in [-0.1, -0.05) is 29.8 Å². The first-order valence-corrected chi connectivity index (χ1v) is 5.73. The van der Waals surface area contributed by atoms with Crippen molar-refractivity contribution in [1.29, 1.82) is 0 Å². The quantitative estimate of drug-likeness (QED) is 0.831. The molecule has 0 saturated carbocycles. The first-order valence-electron chi connectivity index (χ1n) is 5.73. The minimum atomic E-state index is -0.181. The average molecular weight is 242 g/mol. The summed E-state index contributed by atoms with van der Waals surface area (Å²) in [5.41, 5.74) is 2.59. The molecule has 0 aromatic heterocycles. The van der Waals surface area contributed by atoms with E-state index < -0.39 is 0 Å². The summed E-state index contributed by atoms with van der Waals surface area (Å²) in [6.07, 6.45) is 2.77. The van der Waals surface area contributed by atoms with E-state index in [2.05, 4.69) is 36.5 Å². The third-order valence-corrected chi connectivity index (χ3v) is 3.12. The van der Waals surface area contributed by atoms with Gasteiger partial charge in [-0.25, -0.2) is 0 Å². The van der Waals surface area contributed by atoms with E-state index in [4.69, 9.17) is 0 Å². The highest BCUT2D eigenvalue weighted by Gasteiger charge is 2.22. The Balaban J connectivity index is 0.00000128. The van der Waals surface area contributed by atoms with E-state index in [1.165, 1.54) is 11.1 Å². The van der Waals surface area contributed by atoms with E-state index in [0.717, 1.165) is 25.8 Å². The van der Waals surface area contributed by atoms with Crippen molar-refractivity contribution in [3.05, 3.63) is 35.4 Å². The monoisotopic (exact) mass is 241 g/mol. The normalized spacial score (nSPS) is 24.9.